The van der Waals surface area contributed by atoms with Crippen LogP contribution in [0.3, 0.4) is 0 Å². The van der Waals surface area contributed by atoms with E-state index in [0.717, 1.165) is 0 Å². The summed E-state index contributed by atoms with van der Waals surface area (Å²) in [4.78, 5) is 11.6. The van der Waals surface area contributed by atoms with E-state index in [2.05, 4.69) is 10.5 Å². The molecule has 0 atom stereocenters. The lowest BCUT2D eigenvalue weighted by Gasteiger charge is -2.05. The Morgan fingerprint density at radius 3 is 2.57 bits per heavy atom. The number of carbonyl (C=O) groups excluding carboxylic acids is 1. The van der Waals surface area contributed by atoms with Crippen LogP contribution in [0.25, 0.3) is 0 Å². The summed E-state index contributed by atoms with van der Waals surface area (Å²) >= 11 is 11.4. The first-order valence-corrected chi connectivity index (χ1v) is 7.13. The summed E-state index contributed by atoms with van der Waals surface area (Å²) in [6.45, 7) is -0.222. The molecule has 0 bridgehead atoms. The first kappa shape index (κ1) is 16.9. The molecule has 0 spiro atoms. The van der Waals surface area contributed by atoms with Crippen molar-refractivity contribution in [3.8, 4) is 17.2 Å². The van der Waals surface area contributed by atoms with E-state index in [9.17, 15) is 15.0 Å². The number of nitrogens with zero attached hydrogens (tertiary/aromatic N) is 1. The fourth-order valence-electron chi connectivity index (χ4n) is 1.57. The number of hydrazone groups is 1. The number of nitrogens with one attached hydrogen (secondary N) is 1. The number of rotatable bonds is 5. The minimum Gasteiger partial charge on any atom is -0.504 e. The van der Waals surface area contributed by atoms with Crippen molar-refractivity contribution in [1.29, 1.82) is 0 Å². The zero-order valence-corrected chi connectivity index (χ0v) is 13.2. The molecule has 6 nitrogen and oxygen atoms in total. The van der Waals surface area contributed by atoms with Crippen molar-refractivity contribution >= 4 is 35.3 Å². The third-order valence-corrected chi connectivity index (χ3v) is 3.19. The number of hydrogen-bond donors (Lipinski definition) is 3. The smallest absolute Gasteiger partial charge is 0.277 e. The van der Waals surface area contributed by atoms with Gasteiger partial charge < -0.3 is 14.9 Å². The van der Waals surface area contributed by atoms with Gasteiger partial charge in [0.15, 0.2) is 18.1 Å². The lowest BCUT2D eigenvalue weighted by molar-refractivity contribution is -0.123. The molecule has 0 aliphatic carbocycles. The van der Waals surface area contributed by atoms with Gasteiger partial charge in [-0.05, 0) is 42.0 Å². The number of carbonyl (C=O) groups is 1. The fourth-order valence-corrected chi connectivity index (χ4v) is 1.92. The van der Waals surface area contributed by atoms with Crippen LogP contribution in [0, 0.1) is 0 Å². The van der Waals surface area contributed by atoms with Gasteiger partial charge in [0.1, 0.15) is 5.75 Å². The molecule has 0 saturated carbocycles. The minimum atomic E-state index is -0.467. The van der Waals surface area contributed by atoms with Crippen LogP contribution in [-0.4, -0.2) is 28.9 Å². The van der Waals surface area contributed by atoms with E-state index < -0.39 is 11.7 Å². The molecule has 8 heteroatoms. The molecule has 0 aromatic heterocycles. The first-order chi connectivity index (χ1) is 11.0. The summed E-state index contributed by atoms with van der Waals surface area (Å²) in [5.41, 5.74) is 2.67. The number of ether oxygens (including phenoxy) is 1. The quantitative estimate of drug-likeness (QED) is 0.437. The number of phenolic OH excluding ortho intramolecular Hbond substituents is 2. The third-order valence-electron chi connectivity index (χ3n) is 2.65. The van der Waals surface area contributed by atoms with Crippen LogP contribution in [0.5, 0.6) is 17.2 Å². The summed E-state index contributed by atoms with van der Waals surface area (Å²) in [5.74, 6) is -0.755. The van der Waals surface area contributed by atoms with Gasteiger partial charge in [-0.25, -0.2) is 5.43 Å². The Kier molecular flexibility index (Phi) is 5.67. The maximum absolute atomic E-state index is 11.6. The van der Waals surface area contributed by atoms with Crippen molar-refractivity contribution in [2.24, 2.45) is 5.10 Å². The van der Waals surface area contributed by atoms with Crippen molar-refractivity contribution in [2.45, 2.75) is 0 Å². The Hall–Kier alpha value is -2.44. The molecule has 0 unspecified atom stereocenters. The maximum Gasteiger partial charge on any atom is 0.277 e. The molecule has 2 aromatic rings. The summed E-state index contributed by atoms with van der Waals surface area (Å²) in [6.07, 6.45) is 1.27. The van der Waals surface area contributed by atoms with E-state index in [1.165, 1.54) is 18.3 Å². The summed E-state index contributed by atoms with van der Waals surface area (Å²) < 4.78 is 5.24. The molecule has 120 valence electrons. The zero-order chi connectivity index (χ0) is 16.8. The van der Waals surface area contributed by atoms with Crippen LogP contribution in [0.2, 0.25) is 10.0 Å². The molecule has 0 radical (unpaired) electrons. The topological polar surface area (TPSA) is 91.2 Å². The molecule has 2 rings (SSSR count). The predicted octanol–water partition coefficient (Wildman–Crippen LogP) is 2.93. The van der Waals surface area contributed by atoms with Crippen LogP contribution in [0.15, 0.2) is 41.5 Å². The molecule has 1 amide bonds. The van der Waals surface area contributed by atoms with Crippen molar-refractivity contribution in [1.82, 2.24) is 5.43 Å². The van der Waals surface area contributed by atoms with E-state index in [4.69, 9.17) is 27.9 Å². The van der Waals surface area contributed by atoms with E-state index in [1.807, 2.05) is 0 Å². The van der Waals surface area contributed by atoms with Crippen molar-refractivity contribution in [3.63, 3.8) is 0 Å². The highest BCUT2D eigenvalue weighted by Crippen LogP contribution is 2.33. The molecule has 23 heavy (non-hydrogen) atoms. The first-order valence-electron chi connectivity index (χ1n) is 6.37. The average molecular weight is 355 g/mol. The predicted molar refractivity (Wildman–Crippen MR) is 87.5 cm³/mol. The van der Waals surface area contributed by atoms with Gasteiger partial charge in [-0.3, -0.25) is 4.79 Å². The van der Waals surface area contributed by atoms with E-state index in [0.29, 0.717) is 16.3 Å². The molecule has 0 aliphatic rings. The molecular weight excluding hydrogens is 343 g/mol. The van der Waals surface area contributed by atoms with Crippen molar-refractivity contribution in [2.75, 3.05) is 6.61 Å². The second-order valence-electron chi connectivity index (χ2n) is 4.41. The van der Waals surface area contributed by atoms with Crippen LogP contribution < -0.4 is 10.2 Å². The largest absolute Gasteiger partial charge is 0.504 e. The van der Waals surface area contributed by atoms with Gasteiger partial charge >= 0.3 is 0 Å². The lowest BCUT2D eigenvalue weighted by atomic mass is 10.2. The van der Waals surface area contributed by atoms with Gasteiger partial charge in [0.25, 0.3) is 5.91 Å². The normalized spacial score (nSPS) is 10.7. The van der Waals surface area contributed by atoms with Crippen LogP contribution in [-0.2, 0) is 4.79 Å². The average Bonchev–Trinajstić information content (AvgIpc) is 2.52. The highest BCUT2D eigenvalue weighted by molar-refractivity contribution is 6.32. The molecule has 0 heterocycles. The van der Waals surface area contributed by atoms with Gasteiger partial charge in [-0.15, -0.1) is 0 Å². The van der Waals surface area contributed by atoms with E-state index in [1.54, 1.807) is 24.3 Å². The van der Waals surface area contributed by atoms with Gasteiger partial charge in [0.05, 0.1) is 11.2 Å². The Morgan fingerprint density at radius 2 is 1.91 bits per heavy atom. The van der Waals surface area contributed by atoms with Crippen LogP contribution >= 0.6 is 23.2 Å². The van der Waals surface area contributed by atoms with Crippen LogP contribution in [0.4, 0.5) is 0 Å². The lowest BCUT2D eigenvalue weighted by Crippen LogP contribution is -2.24. The SMILES string of the molecule is O=C(COc1ccc(Cl)cc1)N/N=C/c1cc(O)c(O)c(Cl)c1. The highest BCUT2D eigenvalue weighted by atomic mass is 35.5. The zero-order valence-electron chi connectivity index (χ0n) is 11.7. The maximum atomic E-state index is 11.6. The second-order valence-corrected chi connectivity index (χ2v) is 5.25. The molecule has 0 fully saturated rings. The van der Waals surface area contributed by atoms with Crippen LogP contribution in [0.1, 0.15) is 5.56 Å². The number of hydrogen-bond acceptors (Lipinski definition) is 5. The molecule has 0 aliphatic heterocycles. The number of aromatic hydroxyl groups is 2. The van der Waals surface area contributed by atoms with Gasteiger partial charge in [0.2, 0.25) is 0 Å². The van der Waals surface area contributed by atoms with E-state index in [-0.39, 0.29) is 17.4 Å². The Morgan fingerprint density at radius 1 is 1.22 bits per heavy atom. The summed E-state index contributed by atoms with van der Waals surface area (Å²) in [7, 11) is 0. The summed E-state index contributed by atoms with van der Waals surface area (Å²) in [6, 6.07) is 9.21. The minimum absolute atomic E-state index is 0.0242. The van der Waals surface area contributed by atoms with Gasteiger partial charge in [-0.1, -0.05) is 23.2 Å². The standard InChI is InChI=1S/C15H12Cl2N2O4/c16-10-1-3-11(4-2-10)23-8-14(21)19-18-7-9-5-12(17)15(22)13(20)6-9/h1-7,20,22H,8H2,(H,19,21)/b18-7+. The van der Waals surface area contributed by atoms with Gasteiger partial charge in [0, 0.05) is 5.02 Å². The van der Waals surface area contributed by atoms with Crippen molar-refractivity contribution < 1.29 is 19.7 Å². The Bertz CT molecular complexity index is 710. The van der Waals surface area contributed by atoms with Gasteiger partial charge in [-0.2, -0.15) is 5.10 Å². The highest BCUT2D eigenvalue weighted by Gasteiger charge is 2.06. The molecule has 0 saturated heterocycles. The van der Waals surface area contributed by atoms with Crippen molar-refractivity contribution in [3.05, 3.63) is 52.0 Å². The Balaban J connectivity index is 1.85. The Labute approximate surface area is 141 Å². The molecule has 2 aromatic carbocycles. The third kappa shape index (κ3) is 5.05. The number of benzene rings is 2. The monoisotopic (exact) mass is 354 g/mol. The summed E-state index contributed by atoms with van der Waals surface area (Å²) in [5, 5.41) is 23.0. The second kappa shape index (κ2) is 7.71. The molecular formula is C15H12Cl2N2O4. The number of halogens is 2. The fraction of sp³-hybridized carbons (Fsp3) is 0.0667. The molecule has 3 N–H and O–H groups in total. The van der Waals surface area contributed by atoms with E-state index >= 15 is 0 Å². The number of amides is 1. The number of phenols is 2.